The van der Waals surface area contributed by atoms with Crippen LogP contribution in [0, 0.1) is 0 Å². The van der Waals surface area contributed by atoms with Crippen molar-refractivity contribution >= 4 is 80.7 Å². The zero-order chi connectivity index (χ0) is 51.5. The normalized spacial score (nSPS) is 22.5. The number of aromatic nitrogens is 5. The third-order valence-corrected chi connectivity index (χ3v) is 15.6. The van der Waals surface area contributed by atoms with Gasteiger partial charge in [0.2, 0.25) is 11.9 Å². The van der Waals surface area contributed by atoms with Crippen LogP contribution in [0.5, 0.6) is 0 Å². The van der Waals surface area contributed by atoms with Crippen molar-refractivity contribution in [3.8, 4) is 11.3 Å². The lowest BCUT2D eigenvalue weighted by molar-refractivity contribution is -0.167. The zero-order valence-corrected chi connectivity index (χ0v) is 41.3. The first-order chi connectivity index (χ1) is 35.5. The summed E-state index contributed by atoms with van der Waals surface area (Å²) in [7, 11) is 0. The van der Waals surface area contributed by atoms with Gasteiger partial charge in [0, 0.05) is 72.9 Å². The number of nitrogens with one attached hydrogen (secondary N) is 6. The maximum absolute atomic E-state index is 13.0. The number of carbonyl (C=O) groups is 3. The van der Waals surface area contributed by atoms with E-state index < -0.39 is 17.6 Å². The van der Waals surface area contributed by atoms with Crippen LogP contribution in [0.3, 0.4) is 0 Å². The Bertz CT molecular complexity index is 3370. The van der Waals surface area contributed by atoms with Gasteiger partial charge in [-0.1, -0.05) is 86.6 Å². The maximum atomic E-state index is 13.0. The van der Waals surface area contributed by atoms with Gasteiger partial charge < -0.3 is 37.3 Å². The van der Waals surface area contributed by atoms with Crippen molar-refractivity contribution in [2.45, 2.75) is 114 Å². The van der Waals surface area contributed by atoms with Crippen LogP contribution in [0.25, 0.3) is 27.7 Å². The Morgan fingerprint density at radius 1 is 0.632 bits per heavy atom. The van der Waals surface area contributed by atoms with Gasteiger partial charge in [-0.05, 0) is 136 Å². The van der Waals surface area contributed by atoms with Crippen LogP contribution < -0.4 is 32.3 Å². The Balaban J connectivity index is 0.000000183. The fourth-order valence-corrected chi connectivity index (χ4v) is 12.4. The average Bonchev–Trinajstić information content (AvgIpc) is 4.07. The molecule has 0 unspecified atom stereocenters. The summed E-state index contributed by atoms with van der Waals surface area (Å²) in [5.41, 5.74) is 13.0. The molecule has 3 amide bonds. The van der Waals surface area contributed by atoms with Crippen LogP contribution in [0.1, 0.15) is 117 Å². The molecule has 7 aromatic rings. The van der Waals surface area contributed by atoms with E-state index in [0.29, 0.717) is 63.0 Å². The number of hydrogen-bond acceptors (Lipinski definition) is 10. The van der Waals surface area contributed by atoms with Gasteiger partial charge in [-0.3, -0.25) is 14.4 Å². The molecule has 0 aliphatic heterocycles. The van der Waals surface area contributed by atoms with Crippen LogP contribution in [-0.4, -0.2) is 71.0 Å². The van der Waals surface area contributed by atoms with Crippen LogP contribution >= 0.6 is 23.2 Å². The van der Waals surface area contributed by atoms with E-state index in [4.69, 9.17) is 38.9 Å². The number of alkyl halides is 3. The van der Waals surface area contributed by atoms with Crippen molar-refractivity contribution in [3.05, 3.63) is 160 Å². The van der Waals surface area contributed by atoms with E-state index >= 15 is 0 Å². The minimum Gasteiger partial charge on any atom is -0.399 e. The number of benzene rings is 4. The highest BCUT2D eigenvalue weighted by molar-refractivity contribution is 6.33. The van der Waals surface area contributed by atoms with Gasteiger partial charge in [-0.15, -0.1) is 0 Å². The number of carbonyl (C=O) groups excluding carboxylic acids is 3. The number of halogens is 5. The molecule has 7 aliphatic rings. The van der Waals surface area contributed by atoms with Gasteiger partial charge in [0.1, 0.15) is 0 Å². The second kappa shape index (κ2) is 20.6. The van der Waals surface area contributed by atoms with Crippen LogP contribution in [0.4, 0.5) is 36.4 Å². The lowest BCUT2D eigenvalue weighted by Gasteiger charge is -2.61. The molecular formula is C57H58Cl2F3N11O3. The Morgan fingerprint density at radius 3 is 1.74 bits per heavy atom. The number of nitrogens with zero attached hydrogens (tertiary/aromatic N) is 4. The molecular weight excluding hydrogens is 1010 g/mol. The third-order valence-electron chi connectivity index (χ3n) is 15.1. The van der Waals surface area contributed by atoms with Gasteiger partial charge in [-0.25, -0.2) is 19.9 Å². The molecule has 4 bridgehead atoms. The van der Waals surface area contributed by atoms with E-state index in [0.717, 1.165) is 85.4 Å². The van der Waals surface area contributed by atoms with Gasteiger partial charge in [0.05, 0.1) is 33.8 Å². The predicted octanol–water partition coefficient (Wildman–Crippen LogP) is 12.3. The van der Waals surface area contributed by atoms with Crippen molar-refractivity contribution in [1.29, 1.82) is 0 Å². The van der Waals surface area contributed by atoms with Crippen molar-refractivity contribution in [1.82, 2.24) is 35.6 Å². The molecule has 6 saturated carbocycles. The molecule has 14 rings (SSSR count). The highest BCUT2D eigenvalue weighted by Gasteiger charge is 2.59. The Hall–Kier alpha value is -7.50. The fraction of sp³-hybridized carbons (Fsp3) is 0.316. The molecule has 3 aromatic heterocycles. The number of para-hydroxylation sites is 1. The number of nitrogens with two attached hydrogens (primary N) is 1. The van der Waals surface area contributed by atoms with Crippen molar-refractivity contribution in [2.24, 2.45) is 0 Å². The fourth-order valence-electron chi connectivity index (χ4n) is 12.0. The number of hydrogen-bond donors (Lipinski definition) is 7. The summed E-state index contributed by atoms with van der Waals surface area (Å²) in [6.07, 6.45) is 11.9. The summed E-state index contributed by atoms with van der Waals surface area (Å²) in [4.78, 5) is 58.7. The lowest BCUT2D eigenvalue weighted by atomic mass is 9.54. The Labute approximate surface area is 448 Å². The van der Waals surface area contributed by atoms with E-state index in [1.165, 1.54) is 29.8 Å². The van der Waals surface area contributed by atoms with E-state index in [2.05, 4.69) is 60.5 Å². The quantitative estimate of drug-likeness (QED) is 0.0611. The van der Waals surface area contributed by atoms with Gasteiger partial charge >= 0.3 is 12.1 Å². The summed E-state index contributed by atoms with van der Waals surface area (Å²) in [6.45, 7) is 0. The SMILES string of the molecule is C.C.Nc1ccc(C(=O)NC23CCCC(Nc4ncc(Cl)c(-c5c[nH]c6ccccc56)n4)(C2)C3)cc1.O=C(NC12CCCC(Nc3ncc(Cl)c(C4=CCc5ccccc54)n3)(C1)C2)c1ccc(NC(=O)C(F)(F)F)cc1. The van der Waals surface area contributed by atoms with E-state index in [1.54, 1.807) is 42.0 Å². The minimum atomic E-state index is -4.99. The summed E-state index contributed by atoms with van der Waals surface area (Å²) < 4.78 is 37.4. The second-order valence-electron chi connectivity index (χ2n) is 20.4. The molecule has 3 heterocycles. The molecule has 0 radical (unpaired) electrons. The second-order valence-corrected chi connectivity index (χ2v) is 21.2. The number of nitrogen functional groups attached to an aromatic ring is 1. The van der Waals surface area contributed by atoms with E-state index in [-0.39, 0.29) is 49.0 Å². The molecule has 394 valence electrons. The number of H-pyrrole nitrogens is 1. The summed E-state index contributed by atoms with van der Waals surface area (Å²) in [6, 6.07) is 28.6. The minimum absolute atomic E-state index is 0. The average molecular weight is 1070 g/mol. The standard InChI is InChI=1S/C29H25ClF3N5O2.C26H25ClN6O.2CH4/c30-22-14-34-26(36-23(22)21-11-8-17-4-1-2-5-20(17)21)38-28-13-3-12-27(15-28,16-28)37-24(39)18-6-9-19(10-7-18)35-25(40)29(31,32)33;27-20-13-30-24(31-22(20)19-12-29-21-5-2-1-4-18(19)21)33-26-11-3-10-25(14-26,15-26)32-23(34)16-6-8-17(28)9-7-16;;/h1-2,4-7,9-11,14H,3,8,12-13,15-16H2,(H,35,40)(H,37,39)(H,34,36,38);1-2,4-9,12-13,29H,3,10-11,14-15,28H2,(H,32,34)(H,30,31,33);2*1H4. The molecule has 76 heavy (non-hydrogen) atoms. The van der Waals surface area contributed by atoms with Crippen molar-refractivity contribution in [3.63, 3.8) is 0 Å². The van der Waals surface area contributed by atoms with Crippen LogP contribution in [0.2, 0.25) is 10.0 Å². The molecule has 4 aromatic carbocycles. The van der Waals surface area contributed by atoms with E-state index in [9.17, 15) is 27.6 Å². The summed E-state index contributed by atoms with van der Waals surface area (Å²) in [5, 5.41) is 17.4. The number of rotatable bonds is 11. The Morgan fingerprint density at radius 2 is 1.14 bits per heavy atom. The van der Waals surface area contributed by atoms with Gasteiger partial charge in [0.25, 0.3) is 11.8 Å². The smallest absolute Gasteiger partial charge is 0.399 e. The number of anilines is 4. The van der Waals surface area contributed by atoms with Gasteiger partial charge in [0.15, 0.2) is 0 Å². The highest BCUT2D eigenvalue weighted by Crippen LogP contribution is 2.55. The summed E-state index contributed by atoms with van der Waals surface area (Å²) in [5.74, 6) is -1.39. The van der Waals surface area contributed by atoms with Crippen molar-refractivity contribution in [2.75, 3.05) is 21.7 Å². The first kappa shape index (κ1) is 53.3. The summed E-state index contributed by atoms with van der Waals surface area (Å²) >= 11 is 13.0. The topological polar surface area (TPSA) is 205 Å². The molecule has 0 atom stereocenters. The van der Waals surface area contributed by atoms with E-state index in [1.807, 2.05) is 36.5 Å². The monoisotopic (exact) mass is 1070 g/mol. The number of fused-ring (bicyclic) bond motifs is 6. The largest absolute Gasteiger partial charge is 0.471 e. The molecule has 6 fully saturated rings. The third kappa shape index (κ3) is 10.5. The molecule has 7 aliphatic carbocycles. The first-order valence-corrected chi connectivity index (χ1v) is 25.2. The molecule has 8 N–H and O–H groups in total. The van der Waals surface area contributed by atoms with Crippen molar-refractivity contribution < 1.29 is 27.6 Å². The van der Waals surface area contributed by atoms with Gasteiger partial charge in [-0.2, -0.15) is 13.2 Å². The highest BCUT2D eigenvalue weighted by atomic mass is 35.5. The number of amides is 3. The molecule has 19 heteroatoms. The zero-order valence-electron chi connectivity index (χ0n) is 39.8. The first-order valence-electron chi connectivity index (χ1n) is 24.4. The number of allylic oxidation sites excluding steroid dienone is 1. The predicted molar refractivity (Wildman–Crippen MR) is 293 cm³/mol. The lowest BCUT2D eigenvalue weighted by Crippen LogP contribution is -2.70. The van der Waals surface area contributed by atoms with Crippen LogP contribution in [-0.2, 0) is 11.2 Å². The Kier molecular flexibility index (Phi) is 14.4. The maximum Gasteiger partial charge on any atom is 0.471 e. The molecule has 14 nitrogen and oxygen atoms in total. The number of aromatic amines is 1. The van der Waals surface area contributed by atoms with Crippen LogP contribution in [0.15, 0.2) is 122 Å². The molecule has 0 saturated heterocycles. The molecule has 0 spiro atoms.